The van der Waals surface area contributed by atoms with Crippen molar-refractivity contribution in [2.24, 2.45) is 11.8 Å². The quantitative estimate of drug-likeness (QED) is 0.115. The number of hydrogen-bond donors (Lipinski definition) is 0. The number of nitrogens with zero attached hydrogens (tertiary/aromatic N) is 2. The number of benzene rings is 3. The molecule has 6 rings (SSSR count). The SMILES string of the molecule is CCCCC(CC)COC(=O)/C(C#N)=c1/ccc2c(c1)C(=O)c1ccccc1C=2.CCCCC(CC)COC(=O)CC#N.O=C1C=CC2=Cc3ccccc3C(=O)C2=C1. The van der Waals surface area contributed by atoms with Crippen LogP contribution in [0.2, 0.25) is 0 Å². The fourth-order valence-corrected chi connectivity index (χ4v) is 6.79. The molecule has 0 fully saturated rings. The number of allylic oxidation sites excluding steroid dienone is 5. The predicted octanol–water partition coefficient (Wildman–Crippen LogP) is 8.48. The first kappa shape index (κ1) is 45.3. The third kappa shape index (κ3) is 12.5. The Kier molecular flexibility index (Phi) is 17.7. The average molecular weight is 793 g/mol. The first-order chi connectivity index (χ1) is 28.6. The summed E-state index contributed by atoms with van der Waals surface area (Å²) in [5.74, 6) is -0.563. The molecule has 2 atom stereocenters. The van der Waals surface area contributed by atoms with Gasteiger partial charge >= 0.3 is 11.9 Å². The lowest BCUT2D eigenvalue weighted by Gasteiger charge is -2.17. The summed E-state index contributed by atoms with van der Waals surface area (Å²) in [6, 6.07) is 23.7. The molecule has 3 aliphatic rings. The van der Waals surface area contributed by atoms with Gasteiger partial charge in [0.05, 0.1) is 19.3 Å². The highest BCUT2D eigenvalue weighted by Crippen LogP contribution is 2.30. The van der Waals surface area contributed by atoms with Crippen molar-refractivity contribution < 1.29 is 33.4 Å². The van der Waals surface area contributed by atoms with Gasteiger partial charge in [0.1, 0.15) is 18.1 Å². The molecule has 3 aliphatic carbocycles. The maximum atomic E-state index is 12.9. The van der Waals surface area contributed by atoms with E-state index < -0.39 is 11.9 Å². The Labute approximate surface area is 347 Å². The molecule has 59 heavy (non-hydrogen) atoms. The lowest BCUT2D eigenvalue weighted by Crippen LogP contribution is -2.26. The summed E-state index contributed by atoms with van der Waals surface area (Å²) in [6.07, 6.45) is 16.9. The molecule has 0 aliphatic heterocycles. The Hall–Kier alpha value is -6.45. The van der Waals surface area contributed by atoms with Gasteiger partial charge in [-0.2, -0.15) is 10.5 Å². The minimum Gasteiger partial charge on any atom is -0.465 e. The van der Waals surface area contributed by atoms with Crippen molar-refractivity contribution in [3.63, 3.8) is 0 Å². The van der Waals surface area contributed by atoms with Crippen LogP contribution in [0, 0.1) is 34.5 Å². The summed E-state index contributed by atoms with van der Waals surface area (Å²) in [6.45, 7) is 9.23. The van der Waals surface area contributed by atoms with Crippen LogP contribution in [-0.4, -0.2) is 42.5 Å². The number of fused-ring (bicyclic) bond motifs is 4. The summed E-state index contributed by atoms with van der Waals surface area (Å²) in [7, 11) is 0. The van der Waals surface area contributed by atoms with Crippen LogP contribution < -0.4 is 10.4 Å². The number of carbonyl (C=O) groups is 5. The van der Waals surface area contributed by atoms with Crippen molar-refractivity contribution in [2.75, 3.05) is 13.2 Å². The van der Waals surface area contributed by atoms with Crippen molar-refractivity contribution in [1.29, 1.82) is 10.5 Å². The van der Waals surface area contributed by atoms with Gasteiger partial charge in [-0.15, -0.1) is 0 Å². The minimum atomic E-state index is -0.630. The van der Waals surface area contributed by atoms with Crippen LogP contribution in [0.15, 0.2) is 96.1 Å². The average Bonchev–Trinajstić information content (AvgIpc) is 3.25. The lowest BCUT2D eigenvalue weighted by molar-refractivity contribution is -0.144. The first-order valence-corrected chi connectivity index (χ1v) is 20.5. The van der Waals surface area contributed by atoms with Gasteiger partial charge in [0, 0.05) is 27.5 Å². The third-order valence-electron chi connectivity index (χ3n) is 10.4. The van der Waals surface area contributed by atoms with Gasteiger partial charge in [-0.25, -0.2) is 4.79 Å². The Balaban J connectivity index is 0.000000216. The number of Topliss-reactive ketones (excluding diaryl/α,β-unsaturated/α-hetero) is 1. The number of hydrogen-bond acceptors (Lipinski definition) is 9. The molecular weight excluding hydrogens is 741 g/mol. The van der Waals surface area contributed by atoms with Crippen LogP contribution in [0.5, 0.6) is 0 Å². The van der Waals surface area contributed by atoms with Gasteiger partial charge in [-0.1, -0.05) is 133 Å². The molecule has 3 aromatic carbocycles. The molecule has 0 spiro atoms. The number of nitriles is 2. The zero-order valence-corrected chi connectivity index (χ0v) is 34.4. The van der Waals surface area contributed by atoms with Crippen molar-refractivity contribution in [3.05, 3.63) is 134 Å². The molecule has 0 N–H and O–H groups in total. The second-order valence-corrected chi connectivity index (χ2v) is 14.6. The van der Waals surface area contributed by atoms with E-state index in [-0.39, 0.29) is 29.3 Å². The first-order valence-electron chi connectivity index (χ1n) is 20.5. The summed E-state index contributed by atoms with van der Waals surface area (Å²) >= 11 is 0. The van der Waals surface area contributed by atoms with E-state index in [2.05, 4.69) is 27.7 Å². The van der Waals surface area contributed by atoms with Gasteiger partial charge in [0.15, 0.2) is 17.3 Å². The number of esters is 2. The van der Waals surface area contributed by atoms with Crippen LogP contribution in [0.25, 0.3) is 17.7 Å². The highest BCUT2D eigenvalue weighted by Gasteiger charge is 2.25. The van der Waals surface area contributed by atoms with E-state index in [4.69, 9.17) is 14.7 Å². The monoisotopic (exact) mass is 792 g/mol. The van der Waals surface area contributed by atoms with Crippen LogP contribution in [0.3, 0.4) is 0 Å². The van der Waals surface area contributed by atoms with E-state index in [1.807, 2.05) is 54.6 Å². The number of rotatable bonds is 14. The molecule has 0 bridgehead atoms. The standard InChI is InChI=1S/C25H25NO3.C14H8O2.C11H19NO2/c1-3-5-8-17(4-2)16-29-25(28)23(15-26)20-12-11-19-13-18-9-6-7-10-21(18)24(27)22(19)14-20;15-11-6-5-10-7-9-3-1-2-4-12(9)14(16)13(10)8-11;1-3-5-6-10(4-2)9-14-11(13)7-8-12/h6-7,9-14,17H,3-5,8,16H2,1-2H3;1-8H;10H,3-7,9H2,1-2H3/b23-20-;;. The number of unbranched alkanes of at least 4 members (excludes halogenated alkanes) is 2. The maximum Gasteiger partial charge on any atom is 0.349 e. The van der Waals surface area contributed by atoms with Gasteiger partial charge in [0.25, 0.3) is 0 Å². The summed E-state index contributed by atoms with van der Waals surface area (Å²) < 4.78 is 10.4. The number of ketones is 3. The Morgan fingerprint density at radius 3 is 1.86 bits per heavy atom. The highest BCUT2D eigenvalue weighted by molar-refractivity contribution is 6.22. The molecule has 0 saturated heterocycles. The fourth-order valence-electron chi connectivity index (χ4n) is 6.79. The summed E-state index contributed by atoms with van der Waals surface area (Å²) in [5, 5.41) is 19.0. The molecule has 0 saturated carbocycles. The zero-order chi connectivity index (χ0) is 42.7. The molecule has 0 amide bonds. The topological polar surface area (TPSA) is 151 Å². The van der Waals surface area contributed by atoms with E-state index in [0.717, 1.165) is 60.4 Å². The van der Waals surface area contributed by atoms with Crippen LogP contribution in [0.4, 0.5) is 0 Å². The molecule has 9 heteroatoms. The summed E-state index contributed by atoms with van der Waals surface area (Å²) in [5.41, 5.74) is 4.84. The van der Waals surface area contributed by atoms with E-state index in [0.29, 0.717) is 52.5 Å². The van der Waals surface area contributed by atoms with Gasteiger partial charge < -0.3 is 9.47 Å². The fraction of sp³-hybridized carbons (Fsp3) is 0.340. The molecule has 9 nitrogen and oxygen atoms in total. The van der Waals surface area contributed by atoms with Gasteiger partial charge in [0.2, 0.25) is 0 Å². The summed E-state index contributed by atoms with van der Waals surface area (Å²) in [4.78, 5) is 59.6. The molecule has 0 heterocycles. The molecule has 3 aromatic rings. The minimum absolute atomic E-state index is 0.0641. The van der Waals surface area contributed by atoms with Crippen LogP contribution in [-0.2, 0) is 23.9 Å². The van der Waals surface area contributed by atoms with Crippen molar-refractivity contribution in [2.45, 2.75) is 85.5 Å². The zero-order valence-electron chi connectivity index (χ0n) is 34.4. The van der Waals surface area contributed by atoms with Crippen molar-refractivity contribution in [1.82, 2.24) is 0 Å². The predicted molar refractivity (Wildman–Crippen MR) is 228 cm³/mol. The third-order valence-corrected chi connectivity index (χ3v) is 10.4. The second kappa shape index (κ2) is 23.1. The maximum absolute atomic E-state index is 12.9. The van der Waals surface area contributed by atoms with Crippen LogP contribution >= 0.6 is 0 Å². The van der Waals surface area contributed by atoms with E-state index in [9.17, 15) is 29.2 Å². The Morgan fingerprint density at radius 1 is 0.678 bits per heavy atom. The molecule has 0 radical (unpaired) electrons. The largest absolute Gasteiger partial charge is 0.465 e. The highest BCUT2D eigenvalue weighted by atomic mass is 16.5. The van der Waals surface area contributed by atoms with E-state index in [1.165, 1.54) is 25.0 Å². The lowest BCUT2D eigenvalue weighted by atomic mass is 9.84. The van der Waals surface area contributed by atoms with Gasteiger partial charge in [-0.3, -0.25) is 19.2 Å². The van der Waals surface area contributed by atoms with Gasteiger partial charge in [-0.05, 0) is 77.0 Å². The molecule has 0 aromatic heterocycles. The smallest absolute Gasteiger partial charge is 0.349 e. The Morgan fingerprint density at radius 2 is 1.27 bits per heavy atom. The second-order valence-electron chi connectivity index (χ2n) is 14.6. The molecular formula is C50H52N2O7. The number of ether oxygens (including phenoxy) is 2. The molecule has 304 valence electrons. The van der Waals surface area contributed by atoms with Crippen molar-refractivity contribution in [3.8, 4) is 12.1 Å². The van der Waals surface area contributed by atoms with Crippen LogP contribution in [0.1, 0.15) is 123 Å². The van der Waals surface area contributed by atoms with Crippen molar-refractivity contribution >= 4 is 47.0 Å². The van der Waals surface area contributed by atoms with E-state index >= 15 is 0 Å². The normalized spacial score (nSPS) is 14.4. The Bertz CT molecular complexity index is 2350. The molecule has 2 unspecified atom stereocenters. The number of carbonyl (C=O) groups excluding carboxylic acids is 5. The van der Waals surface area contributed by atoms with E-state index in [1.54, 1.807) is 42.5 Å².